The number of hydrogen-bond donors (Lipinski definition) is 1. The molecule has 1 rings (SSSR count). The van der Waals surface area contributed by atoms with Gasteiger partial charge >= 0.3 is 5.69 Å². The molecule has 1 aromatic carbocycles. The van der Waals surface area contributed by atoms with Gasteiger partial charge in [0.1, 0.15) is 0 Å². The highest BCUT2D eigenvalue weighted by Gasteiger charge is 2.30. The van der Waals surface area contributed by atoms with Crippen molar-refractivity contribution in [3.05, 3.63) is 34.1 Å². The molecule has 1 unspecified atom stereocenters. The van der Waals surface area contributed by atoms with E-state index in [0.29, 0.717) is 12.8 Å². The molecule has 0 aliphatic carbocycles. The summed E-state index contributed by atoms with van der Waals surface area (Å²) in [6, 6.07) is 2.07. The lowest BCUT2D eigenvalue weighted by molar-refractivity contribution is -0.390. The summed E-state index contributed by atoms with van der Waals surface area (Å²) < 4.78 is 39.7. The molecule has 0 spiro atoms. The molecule has 8 heteroatoms. The smallest absolute Gasteiger partial charge is 0.258 e. The molecule has 0 saturated heterocycles. The Balaban J connectivity index is 3.27. The minimum Gasteiger partial charge on any atom is -0.258 e. The van der Waals surface area contributed by atoms with E-state index in [1.807, 2.05) is 6.92 Å². The first-order valence-corrected chi connectivity index (χ1v) is 7.23. The highest BCUT2D eigenvalue weighted by Crippen LogP contribution is 2.26. The molecular weight excluding hydrogens is 287 g/mol. The Hall–Kier alpha value is -1.98. The van der Waals surface area contributed by atoms with Crippen molar-refractivity contribution in [3.8, 4) is 12.3 Å². The number of sulfonamides is 1. The summed E-state index contributed by atoms with van der Waals surface area (Å²) in [5, 5.41) is 10.8. The molecule has 1 atom stereocenters. The molecule has 20 heavy (non-hydrogen) atoms. The molecule has 1 aromatic rings. The molecular formula is C12H13FN2O4S. The van der Waals surface area contributed by atoms with Gasteiger partial charge in [-0.3, -0.25) is 10.1 Å². The molecule has 1 N–H and O–H groups in total. The van der Waals surface area contributed by atoms with Gasteiger partial charge in [-0.1, -0.05) is 25.3 Å². The molecule has 0 fully saturated rings. The minimum absolute atomic E-state index is 0.374. The predicted octanol–water partition coefficient (Wildman–Crippen LogP) is 1.81. The Bertz CT molecular complexity index is 652. The van der Waals surface area contributed by atoms with E-state index < -0.39 is 37.4 Å². The van der Waals surface area contributed by atoms with Gasteiger partial charge < -0.3 is 0 Å². The van der Waals surface area contributed by atoms with Gasteiger partial charge in [-0.2, -0.15) is 9.11 Å². The topological polar surface area (TPSA) is 89.3 Å². The highest BCUT2D eigenvalue weighted by atomic mass is 32.2. The fraction of sp³-hybridized carbons (Fsp3) is 0.333. The fourth-order valence-corrected chi connectivity index (χ4v) is 2.98. The zero-order chi connectivity index (χ0) is 15.3. The summed E-state index contributed by atoms with van der Waals surface area (Å²) in [6.45, 7) is 1.81. The first kappa shape index (κ1) is 16.1. The van der Waals surface area contributed by atoms with Gasteiger partial charge in [0.25, 0.3) is 0 Å². The second kappa shape index (κ2) is 6.45. The zero-order valence-electron chi connectivity index (χ0n) is 10.7. The van der Waals surface area contributed by atoms with Crippen LogP contribution in [-0.4, -0.2) is 19.4 Å². The summed E-state index contributed by atoms with van der Waals surface area (Å²) in [4.78, 5) is 8.99. The number of hydrogen-bond acceptors (Lipinski definition) is 4. The molecule has 108 valence electrons. The van der Waals surface area contributed by atoms with Crippen LogP contribution in [0.4, 0.5) is 10.1 Å². The molecule has 0 aliphatic heterocycles. The van der Waals surface area contributed by atoms with E-state index >= 15 is 0 Å². The Morgan fingerprint density at radius 1 is 1.55 bits per heavy atom. The molecule has 0 saturated carbocycles. The fourth-order valence-electron chi connectivity index (χ4n) is 1.61. The Morgan fingerprint density at radius 2 is 2.20 bits per heavy atom. The van der Waals surface area contributed by atoms with Crippen LogP contribution >= 0.6 is 0 Å². The van der Waals surface area contributed by atoms with Crippen LogP contribution in [0.1, 0.15) is 19.8 Å². The van der Waals surface area contributed by atoms with Crippen LogP contribution in [0, 0.1) is 28.3 Å². The maximum atomic E-state index is 13.4. The van der Waals surface area contributed by atoms with Crippen LogP contribution in [0.15, 0.2) is 23.1 Å². The van der Waals surface area contributed by atoms with Crippen molar-refractivity contribution in [3.63, 3.8) is 0 Å². The molecule has 0 heterocycles. The number of nitro benzene ring substituents is 1. The number of rotatable bonds is 6. The van der Waals surface area contributed by atoms with E-state index in [2.05, 4.69) is 10.6 Å². The van der Waals surface area contributed by atoms with Gasteiger partial charge in [-0.25, -0.2) is 8.42 Å². The number of nitrogens with zero attached hydrogens (tertiary/aromatic N) is 1. The Kier molecular flexibility index (Phi) is 5.19. The summed E-state index contributed by atoms with van der Waals surface area (Å²) in [7, 11) is -4.27. The van der Waals surface area contributed by atoms with Crippen molar-refractivity contribution >= 4 is 15.7 Å². The maximum Gasteiger partial charge on any atom is 0.324 e. The molecule has 0 aliphatic rings. The van der Waals surface area contributed by atoms with Crippen molar-refractivity contribution in [1.82, 2.24) is 4.72 Å². The van der Waals surface area contributed by atoms with E-state index in [-0.39, 0.29) is 0 Å². The Morgan fingerprint density at radius 3 is 2.70 bits per heavy atom. The number of para-hydroxylation sites is 1. The molecule has 6 nitrogen and oxygen atoms in total. The van der Waals surface area contributed by atoms with Crippen molar-refractivity contribution < 1.29 is 17.7 Å². The molecule has 0 bridgehead atoms. The van der Waals surface area contributed by atoms with Crippen LogP contribution in [0.2, 0.25) is 0 Å². The van der Waals surface area contributed by atoms with Gasteiger partial charge in [-0.05, 0) is 18.6 Å². The zero-order valence-corrected chi connectivity index (χ0v) is 11.5. The second-order valence-corrected chi connectivity index (χ2v) is 5.66. The molecule has 0 aromatic heterocycles. The first-order chi connectivity index (χ1) is 9.33. The largest absolute Gasteiger partial charge is 0.324 e. The monoisotopic (exact) mass is 300 g/mol. The standard InChI is InChI=1S/C12H13FN2O4S/c1-3-6-9(4-2)14-20(18,19)11-8-5-7-10(13)12(11)15(16)17/h2,5,7-9,14H,3,6H2,1H3. The average molecular weight is 300 g/mol. The lowest BCUT2D eigenvalue weighted by Crippen LogP contribution is -2.34. The lowest BCUT2D eigenvalue weighted by atomic mass is 10.2. The van der Waals surface area contributed by atoms with Crippen molar-refractivity contribution in [1.29, 1.82) is 0 Å². The van der Waals surface area contributed by atoms with Crippen molar-refractivity contribution in [2.45, 2.75) is 30.7 Å². The summed E-state index contributed by atoms with van der Waals surface area (Å²) >= 11 is 0. The van der Waals surface area contributed by atoms with E-state index in [1.165, 1.54) is 0 Å². The highest BCUT2D eigenvalue weighted by molar-refractivity contribution is 7.89. The summed E-state index contributed by atoms with van der Waals surface area (Å²) in [5.74, 6) is 1.02. The van der Waals surface area contributed by atoms with Gasteiger partial charge in [0.15, 0.2) is 4.90 Å². The van der Waals surface area contributed by atoms with Gasteiger partial charge in [0, 0.05) is 0 Å². The van der Waals surface area contributed by atoms with Crippen molar-refractivity contribution in [2.24, 2.45) is 0 Å². The lowest BCUT2D eigenvalue weighted by Gasteiger charge is -2.12. The predicted molar refractivity (Wildman–Crippen MR) is 70.9 cm³/mol. The van der Waals surface area contributed by atoms with Crippen LogP contribution < -0.4 is 4.72 Å². The van der Waals surface area contributed by atoms with E-state index in [9.17, 15) is 22.9 Å². The normalized spacial score (nSPS) is 12.7. The van der Waals surface area contributed by atoms with Crippen molar-refractivity contribution in [2.75, 3.05) is 0 Å². The number of nitrogens with one attached hydrogen (secondary N) is 1. The maximum absolute atomic E-state index is 13.4. The average Bonchev–Trinajstić information content (AvgIpc) is 2.37. The molecule has 0 amide bonds. The van der Waals surface area contributed by atoms with Gasteiger partial charge in [0.05, 0.1) is 11.0 Å². The third kappa shape index (κ3) is 3.53. The third-order valence-corrected chi connectivity index (χ3v) is 4.00. The summed E-state index contributed by atoms with van der Waals surface area (Å²) in [5.41, 5.74) is -1.09. The number of terminal acetylenes is 1. The third-order valence-electron chi connectivity index (χ3n) is 2.50. The minimum atomic E-state index is -4.27. The van der Waals surface area contributed by atoms with Crippen LogP contribution in [0.5, 0.6) is 0 Å². The quantitative estimate of drug-likeness (QED) is 0.493. The SMILES string of the molecule is C#CC(CCC)NS(=O)(=O)c1cccc(F)c1[N+](=O)[O-]. The Labute approximate surface area is 116 Å². The van der Waals surface area contributed by atoms with Gasteiger partial charge in [-0.15, -0.1) is 6.42 Å². The molecule has 0 radical (unpaired) electrons. The van der Waals surface area contributed by atoms with E-state index in [1.54, 1.807) is 0 Å². The van der Waals surface area contributed by atoms with Crippen LogP contribution in [0.3, 0.4) is 0 Å². The second-order valence-electron chi connectivity index (χ2n) is 3.97. The van der Waals surface area contributed by atoms with Gasteiger partial charge in [0.2, 0.25) is 15.8 Å². The number of benzene rings is 1. The van der Waals surface area contributed by atoms with E-state index in [4.69, 9.17) is 6.42 Å². The van der Waals surface area contributed by atoms with E-state index in [0.717, 1.165) is 18.2 Å². The van der Waals surface area contributed by atoms with Crippen LogP contribution in [0.25, 0.3) is 0 Å². The van der Waals surface area contributed by atoms with Crippen LogP contribution in [-0.2, 0) is 10.0 Å². The first-order valence-electron chi connectivity index (χ1n) is 5.74. The number of halogens is 1. The number of nitro groups is 1. The summed E-state index contributed by atoms with van der Waals surface area (Å²) in [6.07, 6.45) is 6.19.